The van der Waals surface area contributed by atoms with Gasteiger partial charge in [0.25, 0.3) is 5.69 Å². The Kier molecular flexibility index (Phi) is 5.51. The zero-order chi connectivity index (χ0) is 21.4. The summed E-state index contributed by atoms with van der Waals surface area (Å²) < 4.78 is 5.69. The highest BCUT2D eigenvalue weighted by atomic mass is 35.5. The molecule has 1 fully saturated rings. The molecule has 0 atom stereocenters. The van der Waals surface area contributed by atoms with Crippen molar-refractivity contribution in [2.75, 3.05) is 0 Å². The molecule has 8 nitrogen and oxygen atoms in total. The average Bonchev–Trinajstić information content (AvgIpc) is 2.58. The number of carbonyl (C=O) groups is 1. The third kappa shape index (κ3) is 4.65. The van der Waals surface area contributed by atoms with Crippen LogP contribution in [0.3, 0.4) is 0 Å². The van der Waals surface area contributed by atoms with Gasteiger partial charge in [0.1, 0.15) is 11.8 Å². The second-order valence-electron chi connectivity index (χ2n) is 8.18. The van der Waals surface area contributed by atoms with Gasteiger partial charge in [-0.2, -0.15) is 0 Å². The molecular weight excluding hydrogens is 398 g/mol. The maximum absolute atomic E-state index is 12.3. The Morgan fingerprint density at radius 1 is 1.34 bits per heavy atom. The fraction of sp³-hybridized carbons (Fsp3) is 0.400. The van der Waals surface area contributed by atoms with Crippen LogP contribution in [0.2, 0.25) is 5.02 Å². The number of nitro groups is 1. The van der Waals surface area contributed by atoms with Gasteiger partial charge < -0.3 is 15.2 Å². The lowest BCUT2D eigenvalue weighted by atomic mass is 9.72. The van der Waals surface area contributed by atoms with E-state index < -0.39 is 28.3 Å². The number of alkyl carbamates (subject to hydrolysis) is 1. The standard InChI is InChI=1S/C20H22ClN3O5/c1-19(2,3)23-18(26)29-20(9-15(25)10-20)13-6-4-12(5-7-13)17-16(21)8-14(11-22-17)24(27)28/h4-8,11,15,25H,9-10H2,1-3H3,(H,23,26). The number of aromatic nitrogens is 1. The van der Waals surface area contributed by atoms with Gasteiger partial charge in [0.05, 0.1) is 21.7 Å². The van der Waals surface area contributed by atoms with E-state index in [9.17, 15) is 20.0 Å². The molecule has 1 aliphatic carbocycles. The fourth-order valence-electron chi connectivity index (χ4n) is 3.26. The molecule has 0 spiro atoms. The first-order chi connectivity index (χ1) is 13.5. The average molecular weight is 420 g/mol. The minimum Gasteiger partial charge on any atom is -0.438 e. The van der Waals surface area contributed by atoms with Crippen molar-refractivity contribution < 1.29 is 19.6 Å². The number of carbonyl (C=O) groups excluding carboxylic acids is 1. The van der Waals surface area contributed by atoms with E-state index in [1.807, 2.05) is 20.8 Å². The van der Waals surface area contributed by atoms with E-state index in [4.69, 9.17) is 16.3 Å². The number of nitrogens with zero attached hydrogens (tertiary/aromatic N) is 2. The summed E-state index contributed by atoms with van der Waals surface area (Å²) in [6.45, 7) is 5.56. The van der Waals surface area contributed by atoms with Crippen molar-refractivity contribution in [2.24, 2.45) is 0 Å². The van der Waals surface area contributed by atoms with Crippen LogP contribution in [0.15, 0.2) is 36.5 Å². The van der Waals surface area contributed by atoms with Gasteiger partial charge in [0, 0.05) is 30.0 Å². The van der Waals surface area contributed by atoms with Crippen molar-refractivity contribution >= 4 is 23.4 Å². The molecule has 1 aliphatic rings. The highest BCUT2D eigenvalue weighted by Gasteiger charge is 2.49. The molecule has 1 aromatic heterocycles. The first-order valence-corrected chi connectivity index (χ1v) is 9.47. The summed E-state index contributed by atoms with van der Waals surface area (Å²) in [7, 11) is 0. The number of amides is 1. The summed E-state index contributed by atoms with van der Waals surface area (Å²) in [6, 6.07) is 8.33. The molecule has 3 rings (SSSR count). The van der Waals surface area contributed by atoms with Crippen LogP contribution in [0, 0.1) is 10.1 Å². The van der Waals surface area contributed by atoms with Crippen LogP contribution < -0.4 is 5.32 Å². The third-order valence-corrected chi connectivity index (χ3v) is 4.91. The van der Waals surface area contributed by atoms with Gasteiger partial charge in [-0.1, -0.05) is 35.9 Å². The topological polar surface area (TPSA) is 115 Å². The molecule has 1 aromatic carbocycles. The van der Waals surface area contributed by atoms with Gasteiger partial charge >= 0.3 is 6.09 Å². The molecule has 0 saturated heterocycles. The van der Waals surface area contributed by atoms with Crippen molar-refractivity contribution in [1.82, 2.24) is 10.3 Å². The number of rotatable bonds is 4. The van der Waals surface area contributed by atoms with Gasteiger partial charge in [-0.05, 0) is 26.3 Å². The predicted molar refractivity (Wildman–Crippen MR) is 108 cm³/mol. The molecule has 154 valence electrons. The second-order valence-corrected chi connectivity index (χ2v) is 8.59. The number of hydrogen-bond donors (Lipinski definition) is 2. The maximum Gasteiger partial charge on any atom is 0.408 e. The van der Waals surface area contributed by atoms with E-state index >= 15 is 0 Å². The summed E-state index contributed by atoms with van der Waals surface area (Å²) in [5, 5.41) is 23.6. The lowest BCUT2D eigenvalue weighted by Gasteiger charge is -2.45. The Labute approximate surface area is 173 Å². The first-order valence-electron chi connectivity index (χ1n) is 9.09. The van der Waals surface area contributed by atoms with Crippen molar-refractivity contribution in [2.45, 2.75) is 50.9 Å². The molecule has 9 heteroatoms. The summed E-state index contributed by atoms with van der Waals surface area (Å²) in [5.74, 6) is 0. The molecule has 1 heterocycles. The molecule has 0 radical (unpaired) electrons. The number of aliphatic hydroxyl groups is 1. The van der Waals surface area contributed by atoms with Crippen molar-refractivity contribution in [3.05, 3.63) is 57.2 Å². The Balaban J connectivity index is 1.84. The predicted octanol–water partition coefficient (Wildman–Crippen LogP) is 4.18. The van der Waals surface area contributed by atoms with E-state index in [0.29, 0.717) is 24.1 Å². The summed E-state index contributed by atoms with van der Waals surface area (Å²) in [4.78, 5) is 26.6. The van der Waals surface area contributed by atoms with Crippen molar-refractivity contribution in [3.63, 3.8) is 0 Å². The maximum atomic E-state index is 12.3. The van der Waals surface area contributed by atoms with Gasteiger partial charge in [-0.15, -0.1) is 0 Å². The van der Waals surface area contributed by atoms with Gasteiger partial charge in [0.2, 0.25) is 0 Å². The number of ether oxygens (including phenoxy) is 1. The Morgan fingerprint density at radius 3 is 2.45 bits per heavy atom. The van der Waals surface area contributed by atoms with Gasteiger partial charge in [0.15, 0.2) is 0 Å². The second kappa shape index (κ2) is 7.61. The molecule has 0 unspecified atom stereocenters. The number of hydrogen-bond acceptors (Lipinski definition) is 6. The Hall–Kier alpha value is -2.71. The van der Waals surface area contributed by atoms with Crippen LogP contribution in [0.1, 0.15) is 39.2 Å². The van der Waals surface area contributed by atoms with E-state index in [1.165, 1.54) is 6.07 Å². The monoisotopic (exact) mass is 419 g/mol. The summed E-state index contributed by atoms with van der Waals surface area (Å²) in [6.07, 6.45) is 0.677. The van der Waals surface area contributed by atoms with Crippen LogP contribution in [0.5, 0.6) is 0 Å². The smallest absolute Gasteiger partial charge is 0.408 e. The first kappa shape index (κ1) is 21.0. The van der Waals surface area contributed by atoms with Gasteiger partial charge in [-0.3, -0.25) is 10.1 Å². The van der Waals surface area contributed by atoms with Crippen molar-refractivity contribution in [3.8, 4) is 11.3 Å². The highest BCUT2D eigenvalue weighted by Crippen LogP contribution is 2.45. The van der Waals surface area contributed by atoms with Crippen LogP contribution in [-0.2, 0) is 10.3 Å². The molecule has 2 aromatic rings. The minimum absolute atomic E-state index is 0.168. The molecular formula is C20H22ClN3O5. The number of benzene rings is 1. The zero-order valence-electron chi connectivity index (χ0n) is 16.3. The molecule has 1 amide bonds. The van der Waals surface area contributed by atoms with E-state index in [2.05, 4.69) is 10.3 Å². The van der Waals surface area contributed by atoms with Crippen LogP contribution in [0.4, 0.5) is 10.5 Å². The van der Waals surface area contributed by atoms with Crippen molar-refractivity contribution in [1.29, 1.82) is 0 Å². The number of nitrogens with one attached hydrogen (secondary N) is 1. The molecule has 1 saturated carbocycles. The minimum atomic E-state index is -0.903. The molecule has 0 aliphatic heterocycles. The number of halogens is 1. The highest BCUT2D eigenvalue weighted by molar-refractivity contribution is 6.33. The fourth-order valence-corrected chi connectivity index (χ4v) is 3.53. The molecule has 2 N–H and O–H groups in total. The van der Waals surface area contributed by atoms with E-state index in [1.54, 1.807) is 24.3 Å². The zero-order valence-corrected chi connectivity index (χ0v) is 17.1. The quantitative estimate of drug-likeness (QED) is 0.567. The van der Waals surface area contributed by atoms with Crippen LogP contribution >= 0.6 is 11.6 Å². The van der Waals surface area contributed by atoms with E-state index in [0.717, 1.165) is 11.8 Å². The number of aliphatic hydroxyl groups excluding tert-OH is 1. The Bertz CT molecular complexity index is 934. The normalized spacial score (nSPS) is 21.2. The SMILES string of the molecule is CC(C)(C)NC(=O)OC1(c2ccc(-c3ncc([N+](=O)[O-])cc3Cl)cc2)CC(O)C1. The summed E-state index contributed by atoms with van der Waals surface area (Å²) in [5.41, 5.74) is 0.299. The van der Waals surface area contributed by atoms with Gasteiger partial charge in [-0.25, -0.2) is 9.78 Å². The molecule has 29 heavy (non-hydrogen) atoms. The Morgan fingerprint density at radius 2 is 1.97 bits per heavy atom. The summed E-state index contributed by atoms with van der Waals surface area (Å²) >= 11 is 6.15. The van der Waals surface area contributed by atoms with Crippen LogP contribution in [-0.4, -0.2) is 32.7 Å². The number of pyridine rings is 1. The molecule has 0 bridgehead atoms. The lowest BCUT2D eigenvalue weighted by molar-refractivity contribution is -0.385. The third-order valence-electron chi connectivity index (χ3n) is 4.62. The van der Waals surface area contributed by atoms with E-state index in [-0.39, 0.29) is 10.7 Å². The van der Waals surface area contributed by atoms with Crippen LogP contribution in [0.25, 0.3) is 11.3 Å². The largest absolute Gasteiger partial charge is 0.438 e. The lowest BCUT2D eigenvalue weighted by Crippen LogP contribution is -2.51.